The topological polar surface area (TPSA) is 126 Å². The first-order chi connectivity index (χ1) is 22.5. The Hall–Kier alpha value is -4.82. The van der Waals surface area contributed by atoms with Gasteiger partial charge < -0.3 is 29.2 Å². The van der Waals surface area contributed by atoms with Gasteiger partial charge in [0.2, 0.25) is 0 Å². The number of aromatic nitrogens is 2. The highest BCUT2D eigenvalue weighted by Gasteiger charge is 2.49. The molecule has 2 aliphatic heterocycles. The molecule has 240 valence electrons. The molecule has 2 amide bonds. The number of imide groups is 1. The summed E-state index contributed by atoms with van der Waals surface area (Å²) < 4.78 is 73.2. The molecule has 1 fully saturated rings. The van der Waals surface area contributed by atoms with Crippen LogP contribution >= 0.6 is 0 Å². The van der Waals surface area contributed by atoms with Crippen LogP contribution in [-0.2, 0) is 16.1 Å². The first-order valence-corrected chi connectivity index (χ1v) is 14.8. The monoisotopic (exact) mass is 647 g/mol. The Morgan fingerprint density at radius 3 is 2.28 bits per heavy atom. The van der Waals surface area contributed by atoms with Crippen LogP contribution in [0.25, 0.3) is 43.6 Å². The summed E-state index contributed by atoms with van der Waals surface area (Å²) in [6.45, 7) is 1.01. The van der Waals surface area contributed by atoms with Gasteiger partial charge in [-0.05, 0) is 24.6 Å². The average molecular weight is 648 g/mol. The van der Waals surface area contributed by atoms with Crippen LogP contribution in [0.2, 0.25) is 0 Å². The quantitative estimate of drug-likeness (QED) is 0.145. The summed E-state index contributed by atoms with van der Waals surface area (Å²) in [6.07, 6.45) is -3.53. The molecular formula is C34H25F4N3O6. The summed E-state index contributed by atoms with van der Waals surface area (Å²) >= 11 is 0. The van der Waals surface area contributed by atoms with E-state index in [1.807, 2.05) is 30.3 Å². The van der Waals surface area contributed by atoms with Gasteiger partial charge in [-0.15, -0.1) is 0 Å². The number of carbonyl (C=O) groups excluding carboxylic acids is 2. The van der Waals surface area contributed by atoms with Crippen molar-refractivity contribution in [3.8, 4) is 0 Å². The second kappa shape index (κ2) is 10.3. The van der Waals surface area contributed by atoms with Crippen LogP contribution in [0.3, 0.4) is 0 Å². The summed E-state index contributed by atoms with van der Waals surface area (Å²) in [6, 6.07) is 12.7. The number of halogens is 4. The Morgan fingerprint density at radius 2 is 1.57 bits per heavy atom. The Labute approximate surface area is 262 Å². The lowest BCUT2D eigenvalue weighted by atomic mass is 9.87. The molecule has 0 bridgehead atoms. The summed E-state index contributed by atoms with van der Waals surface area (Å²) in [5.41, 5.74) is -0.938. The normalized spacial score (nSPS) is 23.0. The van der Waals surface area contributed by atoms with Crippen molar-refractivity contribution in [2.24, 2.45) is 0 Å². The van der Waals surface area contributed by atoms with Crippen molar-refractivity contribution in [2.45, 2.75) is 44.0 Å². The fraction of sp³-hybridized carbons (Fsp3) is 0.235. The highest BCUT2D eigenvalue weighted by atomic mass is 19.2. The molecule has 8 rings (SSSR count). The second-order valence-electron chi connectivity index (χ2n) is 12.2. The molecule has 0 saturated carbocycles. The molecule has 1 saturated heterocycles. The van der Waals surface area contributed by atoms with Crippen LogP contribution in [-0.4, -0.2) is 56.0 Å². The number of aliphatic hydroxyl groups excluding tert-OH is 1. The molecule has 4 aromatic carbocycles. The molecule has 4 N–H and O–H groups in total. The summed E-state index contributed by atoms with van der Waals surface area (Å²) in [7, 11) is 0. The number of aliphatic hydroxyl groups is 2. The molecule has 6 aromatic rings. The van der Waals surface area contributed by atoms with Gasteiger partial charge in [0.05, 0.1) is 52.6 Å². The predicted molar refractivity (Wildman–Crippen MR) is 162 cm³/mol. The van der Waals surface area contributed by atoms with Crippen LogP contribution in [0.1, 0.15) is 45.9 Å². The lowest BCUT2D eigenvalue weighted by Crippen LogP contribution is -2.55. The van der Waals surface area contributed by atoms with Crippen LogP contribution in [0, 0.1) is 23.3 Å². The van der Waals surface area contributed by atoms with Gasteiger partial charge in [-0.25, -0.2) is 17.6 Å². The van der Waals surface area contributed by atoms with Gasteiger partial charge >= 0.3 is 0 Å². The Balaban J connectivity index is 1.52. The first-order valence-electron chi connectivity index (χ1n) is 14.8. The largest absolute Gasteiger partial charge is 0.394 e. The fourth-order valence-corrected chi connectivity index (χ4v) is 7.15. The summed E-state index contributed by atoms with van der Waals surface area (Å²) in [5, 5.41) is 24.4. The molecule has 4 atom stereocenters. The number of hydrogen-bond acceptors (Lipinski definition) is 6. The first kappa shape index (κ1) is 29.6. The highest BCUT2D eigenvalue weighted by molar-refractivity contribution is 6.39. The van der Waals surface area contributed by atoms with Gasteiger partial charge in [-0.2, -0.15) is 0 Å². The molecule has 9 nitrogen and oxygen atoms in total. The number of amides is 2. The zero-order valence-electron chi connectivity index (χ0n) is 24.5. The smallest absolute Gasteiger partial charge is 0.259 e. The van der Waals surface area contributed by atoms with Crippen molar-refractivity contribution in [2.75, 3.05) is 6.61 Å². The van der Waals surface area contributed by atoms with Gasteiger partial charge in [0.1, 0.15) is 6.10 Å². The number of benzene rings is 4. The average Bonchev–Trinajstić information content (AvgIpc) is 3.65. The standard InChI is InChI=1S/C34H25F4N3O6/c1-34(45)11-15(12-42)47-33(30(34)46-13-14-5-3-2-4-6-14)41-23-10-21(38)19(36)8-17(23)25-27-26(31(43)40-32(27)44)24-16-7-18(35)20(37)9-22(16)39-28(24)29(25)41/h2-10,15,30,33,39,42,45H,11-13H2,1H3,(H,40,43,44)/t15-,30-,33+,34+/m0/s1. The van der Waals surface area contributed by atoms with Crippen molar-refractivity contribution in [3.63, 3.8) is 0 Å². The van der Waals surface area contributed by atoms with Crippen molar-refractivity contribution < 1.29 is 46.8 Å². The Kier molecular flexibility index (Phi) is 6.51. The van der Waals surface area contributed by atoms with Crippen molar-refractivity contribution >= 4 is 55.4 Å². The molecule has 2 aliphatic rings. The summed E-state index contributed by atoms with van der Waals surface area (Å²) in [4.78, 5) is 29.7. The number of rotatable bonds is 5. The van der Waals surface area contributed by atoms with Crippen LogP contribution in [0.5, 0.6) is 0 Å². The molecule has 0 spiro atoms. The van der Waals surface area contributed by atoms with E-state index in [0.717, 1.165) is 29.8 Å². The van der Waals surface area contributed by atoms with Gasteiger partial charge in [-0.3, -0.25) is 14.9 Å². The van der Waals surface area contributed by atoms with E-state index in [2.05, 4.69) is 10.3 Å². The number of aromatic amines is 1. The molecule has 4 heterocycles. The van der Waals surface area contributed by atoms with E-state index in [0.29, 0.717) is 0 Å². The van der Waals surface area contributed by atoms with Crippen molar-refractivity contribution in [1.29, 1.82) is 0 Å². The van der Waals surface area contributed by atoms with Crippen molar-refractivity contribution in [3.05, 3.63) is 94.6 Å². The Morgan fingerprint density at radius 1 is 0.936 bits per heavy atom. The SMILES string of the molecule is C[C@@]1(O)C[C@@H](CO)O[C@@H](n2c3cc(F)c(F)cc3c3c4c(c5c6cc(F)c(F)cc6[nH]c5c32)C(=O)NC4=O)[C@@H]1OCc1ccccc1. The molecule has 0 radical (unpaired) electrons. The third kappa shape index (κ3) is 4.30. The number of carbonyl (C=O) groups is 2. The maximum atomic E-state index is 15.1. The van der Waals surface area contributed by atoms with Crippen LogP contribution in [0.15, 0.2) is 54.6 Å². The zero-order valence-corrected chi connectivity index (χ0v) is 24.5. The summed E-state index contributed by atoms with van der Waals surface area (Å²) in [5.74, 6) is -6.49. The third-order valence-electron chi connectivity index (χ3n) is 9.13. The molecule has 0 unspecified atom stereocenters. The van der Waals surface area contributed by atoms with Gasteiger partial charge in [0.15, 0.2) is 29.5 Å². The number of nitrogens with zero attached hydrogens (tertiary/aromatic N) is 1. The van der Waals surface area contributed by atoms with Gasteiger partial charge in [0, 0.05) is 45.6 Å². The lowest BCUT2D eigenvalue weighted by molar-refractivity contribution is -0.255. The van der Waals surface area contributed by atoms with E-state index in [-0.39, 0.29) is 67.8 Å². The predicted octanol–water partition coefficient (Wildman–Crippen LogP) is 5.49. The fourth-order valence-electron chi connectivity index (χ4n) is 7.15. The molecule has 13 heteroatoms. The lowest BCUT2D eigenvalue weighted by Gasteiger charge is -2.46. The van der Waals surface area contributed by atoms with Crippen LogP contribution in [0.4, 0.5) is 17.6 Å². The molecule has 2 aromatic heterocycles. The Bertz CT molecular complexity index is 2320. The molecular weight excluding hydrogens is 622 g/mol. The number of nitrogens with one attached hydrogen (secondary N) is 2. The van der Waals surface area contributed by atoms with E-state index in [1.54, 1.807) is 0 Å². The molecule has 47 heavy (non-hydrogen) atoms. The number of ether oxygens (including phenoxy) is 2. The minimum atomic E-state index is -1.65. The van der Waals surface area contributed by atoms with E-state index in [4.69, 9.17) is 9.47 Å². The number of fused-ring (bicyclic) bond motifs is 10. The number of hydrogen-bond donors (Lipinski definition) is 4. The minimum Gasteiger partial charge on any atom is -0.394 e. The maximum absolute atomic E-state index is 15.1. The second-order valence-corrected chi connectivity index (χ2v) is 12.2. The van der Waals surface area contributed by atoms with E-state index < -0.39 is 65.7 Å². The van der Waals surface area contributed by atoms with Gasteiger partial charge in [0.25, 0.3) is 11.8 Å². The zero-order chi connectivity index (χ0) is 32.9. The number of H-pyrrole nitrogens is 1. The minimum absolute atomic E-state index is 0.00414. The maximum Gasteiger partial charge on any atom is 0.259 e. The van der Waals surface area contributed by atoms with E-state index in [9.17, 15) is 33.0 Å². The van der Waals surface area contributed by atoms with E-state index >= 15 is 4.39 Å². The van der Waals surface area contributed by atoms with Gasteiger partial charge in [-0.1, -0.05) is 30.3 Å². The third-order valence-corrected chi connectivity index (χ3v) is 9.13. The highest BCUT2D eigenvalue weighted by Crippen LogP contribution is 2.48. The van der Waals surface area contributed by atoms with Crippen LogP contribution < -0.4 is 5.32 Å². The van der Waals surface area contributed by atoms with Crippen molar-refractivity contribution in [1.82, 2.24) is 14.9 Å². The van der Waals surface area contributed by atoms with E-state index in [1.165, 1.54) is 11.5 Å². The molecule has 0 aliphatic carbocycles.